The van der Waals surface area contributed by atoms with Crippen LogP contribution in [0.3, 0.4) is 0 Å². The van der Waals surface area contributed by atoms with Crippen molar-refractivity contribution < 1.29 is 9.53 Å². The fourth-order valence-corrected chi connectivity index (χ4v) is 3.35. The lowest BCUT2D eigenvalue weighted by Gasteiger charge is -2.32. The van der Waals surface area contributed by atoms with E-state index < -0.39 is 0 Å². The van der Waals surface area contributed by atoms with Crippen molar-refractivity contribution in [2.24, 2.45) is 5.92 Å². The van der Waals surface area contributed by atoms with Gasteiger partial charge in [0.2, 0.25) is 0 Å². The average molecular weight is 398 g/mol. The molecule has 3 rings (SSSR count). The van der Waals surface area contributed by atoms with Crippen molar-refractivity contribution in [1.29, 1.82) is 0 Å². The molecule has 122 valence electrons. The zero-order valence-electron chi connectivity index (χ0n) is 12.6. The number of rotatable bonds is 4. The zero-order valence-corrected chi connectivity index (χ0v) is 15.0. The molecule has 0 bridgehead atoms. The topological polar surface area (TPSA) is 81.1 Å². The van der Waals surface area contributed by atoms with E-state index >= 15 is 0 Å². The van der Waals surface area contributed by atoms with E-state index in [0.29, 0.717) is 29.7 Å². The fourth-order valence-electron chi connectivity index (χ4n) is 2.52. The van der Waals surface area contributed by atoms with Crippen LogP contribution in [-0.4, -0.2) is 50.1 Å². The van der Waals surface area contributed by atoms with Crippen LogP contribution >= 0.6 is 27.5 Å². The second kappa shape index (κ2) is 7.31. The van der Waals surface area contributed by atoms with Gasteiger partial charge in [0.05, 0.1) is 16.8 Å². The summed E-state index contributed by atoms with van der Waals surface area (Å²) < 4.78 is 10.3. The summed E-state index contributed by atoms with van der Waals surface area (Å²) in [4.78, 5) is 23.2. The minimum absolute atomic E-state index is 0.0158. The van der Waals surface area contributed by atoms with Crippen LogP contribution in [0.5, 0.6) is 6.01 Å². The second-order valence-electron chi connectivity index (χ2n) is 5.44. The molecule has 0 aliphatic carbocycles. The highest BCUT2D eigenvalue weighted by Crippen LogP contribution is 2.21. The third kappa shape index (κ3) is 4.03. The van der Waals surface area contributed by atoms with Gasteiger partial charge < -0.3 is 9.64 Å². The van der Waals surface area contributed by atoms with Crippen molar-refractivity contribution in [3.8, 4) is 6.01 Å². The summed E-state index contributed by atoms with van der Waals surface area (Å²) in [5, 5.41) is 3.91. The number of piperidine rings is 1. The molecule has 1 amide bonds. The Hall–Kier alpha value is -1.61. The molecular weight excluding hydrogens is 382 g/mol. The van der Waals surface area contributed by atoms with Crippen LogP contribution in [0, 0.1) is 12.8 Å². The highest BCUT2D eigenvalue weighted by molar-refractivity contribution is 9.10. The average Bonchev–Trinajstić information content (AvgIpc) is 3.00. The molecule has 2 aromatic heterocycles. The number of hydrogen-bond donors (Lipinski definition) is 0. The van der Waals surface area contributed by atoms with E-state index in [-0.39, 0.29) is 11.8 Å². The van der Waals surface area contributed by atoms with Gasteiger partial charge in [-0.1, -0.05) is 4.49 Å². The Kier molecular flexibility index (Phi) is 5.16. The normalized spacial score (nSPS) is 18.0. The Labute approximate surface area is 146 Å². The molecule has 1 saturated heterocycles. The maximum Gasteiger partial charge on any atom is 0.316 e. The molecule has 0 aromatic carbocycles. The first-order valence-corrected chi connectivity index (χ1v) is 8.88. The molecule has 23 heavy (non-hydrogen) atoms. The van der Waals surface area contributed by atoms with Gasteiger partial charge >= 0.3 is 6.01 Å². The van der Waals surface area contributed by atoms with E-state index in [9.17, 15) is 4.79 Å². The Balaban J connectivity index is 1.57. The van der Waals surface area contributed by atoms with Crippen molar-refractivity contribution in [3.05, 3.63) is 27.4 Å². The maximum atomic E-state index is 12.5. The first-order chi connectivity index (χ1) is 11.1. The molecule has 0 N–H and O–H groups in total. The second-order valence-corrected chi connectivity index (χ2v) is 7.11. The smallest absolute Gasteiger partial charge is 0.316 e. The molecule has 1 fully saturated rings. The van der Waals surface area contributed by atoms with Gasteiger partial charge in [-0.25, -0.2) is 9.97 Å². The summed E-state index contributed by atoms with van der Waals surface area (Å²) in [7, 11) is 0. The SMILES string of the molecule is Cc1nnsc1C(=O)N1CCCC(COc2ncc(Br)cn2)C1. The molecule has 7 nitrogen and oxygen atoms in total. The number of halogens is 1. The third-order valence-electron chi connectivity index (χ3n) is 3.70. The van der Waals surface area contributed by atoms with Gasteiger partial charge in [-0.05, 0) is 47.2 Å². The molecule has 1 aliphatic heterocycles. The van der Waals surface area contributed by atoms with E-state index in [1.807, 2.05) is 11.8 Å². The summed E-state index contributed by atoms with van der Waals surface area (Å²) >= 11 is 4.44. The lowest BCUT2D eigenvalue weighted by Crippen LogP contribution is -2.41. The first-order valence-electron chi connectivity index (χ1n) is 7.32. The van der Waals surface area contributed by atoms with E-state index in [1.54, 1.807) is 12.4 Å². The summed E-state index contributed by atoms with van der Waals surface area (Å²) in [6, 6.07) is 0.360. The number of aryl methyl sites for hydroxylation is 1. The molecule has 1 atom stereocenters. The van der Waals surface area contributed by atoms with Crippen LogP contribution in [0.15, 0.2) is 16.9 Å². The predicted molar refractivity (Wildman–Crippen MR) is 88.5 cm³/mol. The fraction of sp³-hybridized carbons (Fsp3) is 0.500. The van der Waals surface area contributed by atoms with Gasteiger partial charge in [0.25, 0.3) is 5.91 Å². The zero-order chi connectivity index (χ0) is 16.2. The molecule has 3 heterocycles. The van der Waals surface area contributed by atoms with Crippen molar-refractivity contribution >= 4 is 33.4 Å². The summed E-state index contributed by atoms with van der Waals surface area (Å²) in [5.41, 5.74) is 0.696. The van der Waals surface area contributed by atoms with Crippen LogP contribution in [0.2, 0.25) is 0 Å². The van der Waals surface area contributed by atoms with Crippen molar-refractivity contribution in [2.45, 2.75) is 19.8 Å². The largest absolute Gasteiger partial charge is 0.463 e. The maximum absolute atomic E-state index is 12.5. The van der Waals surface area contributed by atoms with Crippen LogP contribution in [0.25, 0.3) is 0 Å². The van der Waals surface area contributed by atoms with Crippen molar-refractivity contribution in [1.82, 2.24) is 24.5 Å². The van der Waals surface area contributed by atoms with Crippen molar-refractivity contribution in [3.63, 3.8) is 0 Å². The van der Waals surface area contributed by atoms with Gasteiger partial charge in [-0.3, -0.25) is 4.79 Å². The van der Waals surface area contributed by atoms with Crippen LogP contribution in [0.4, 0.5) is 0 Å². The Morgan fingerprint density at radius 1 is 1.48 bits per heavy atom. The van der Waals surface area contributed by atoms with Crippen LogP contribution < -0.4 is 4.74 Å². The van der Waals surface area contributed by atoms with Crippen LogP contribution in [0.1, 0.15) is 28.2 Å². The predicted octanol–water partition coefficient (Wildman–Crippen LogP) is 2.33. The monoisotopic (exact) mass is 397 g/mol. The van der Waals surface area contributed by atoms with Gasteiger partial charge in [0, 0.05) is 31.4 Å². The highest BCUT2D eigenvalue weighted by Gasteiger charge is 2.27. The molecule has 0 spiro atoms. The van der Waals surface area contributed by atoms with E-state index in [2.05, 4.69) is 35.5 Å². The molecule has 1 aliphatic rings. The van der Waals surface area contributed by atoms with Gasteiger partial charge in [-0.2, -0.15) is 0 Å². The summed E-state index contributed by atoms with van der Waals surface area (Å²) in [6.07, 6.45) is 5.30. The van der Waals surface area contributed by atoms with Gasteiger partial charge in [0.1, 0.15) is 4.88 Å². The van der Waals surface area contributed by atoms with E-state index in [1.165, 1.54) is 0 Å². The minimum Gasteiger partial charge on any atom is -0.463 e. The quantitative estimate of drug-likeness (QED) is 0.787. The van der Waals surface area contributed by atoms with Crippen LogP contribution in [-0.2, 0) is 0 Å². The number of nitrogens with zero attached hydrogens (tertiary/aromatic N) is 5. The lowest BCUT2D eigenvalue weighted by atomic mass is 9.99. The molecule has 0 saturated carbocycles. The van der Waals surface area contributed by atoms with E-state index in [4.69, 9.17) is 4.74 Å². The molecule has 2 aromatic rings. The Bertz CT molecular complexity index is 678. The Morgan fingerprint density at radius 3 is 2.96 bits per heavy atom. The van der Waals surface area contributed by atoms with Gasteiger partial charge in [0.15, 0.2) is 0 Å². The highest BCUT2D eigenvalue weighted by atomic mass is 79.9. The molecule has 9 heteroatoms. The lowest BCUT2D eigenvalue weighted by molar-refractivity contribution is 0.0632. The molecular formula is C14H16BrN5O2S. The summed E-state index contributed by atoms with van der Waals surface area (Å²) in [6.45, 7) is 3.76. The number of hydrogen-bond acceptors (Lipinski definition) is 7. The van der Waals surface area contributed by atoms with Gasteiger partial charge in [-0.15, -0.1) is 5.10 Å². The number of carbonyl (C=O) groups excluding carboxylic acids is 1. The number of aromatic nitrogens is 4. The standard InChI is InChI=1S/C14H16BrN5O2S/c1-9-12(23-19-18-9)13(21)20-4-2-3-10(7-20)8-22-14-16-5-11(15)6-17-14/h5-6,10H,2-4,7-8H2,1H3. The van der Waals surface area contributed by atoms with E-state index in [0.717, 1.165) is 35.4 Å². The minimum atomic E-state index is 0.0158. The number of likely N-dealkylation sites (tertiary alicyclic amines) is 1. The summed E-state index contributed by atoms with van der Waals surface area (Å²) in [5.74, 6) is 0.295. The Morgan fingerprint density at radius 2 is 2.26 bits per heavy atom. The molecule has 0 radical (unpaired) electrons. The third-order valence-corrected chi connectivity index (χ3v) is 4.92. The van der Waals surface area contributed by atoms with Crippen molar-refractivity contribution in [2.75, 3.05) is 19.7 Å². The number of carbonyl (C=O) groups is 1. The number of ether oxygens (including phenoxy) is 1. The number of amides is 1. The first kappa shape index (κ1) is 16.3. The molecule has 1 unspecified atom stereocenters.